The van der Waals surface area contributed by atoms with Gasteiger partial charge in [0.2, 0.25) is 0 Å². The number of carbonyl (C=O) groups is 2. The molecule has 6 nitrogen and oxygen atoms in total. The molecule has 0 aromatic heterocycles. The van der Waals surface area contributed by atoms with E-state index in [0.29, 0.717) is 30.0 Å². The van der Waals surface area contributed by atoms with E-state index < -0.39 is 23.9 Å². The minimum absolute atomic E-state index is 0.357. The first kappa shape index (κ1) is 20.6. The molecule has 0 bridgehead atoms. The monoisotopic (exact) mass is 401 g/mol. The second-order valence-electron chi connectivity index (χ2n) is 6.99. The third-order valence-corrected chi connectivity index (χ3v) is 5.25. The highest BCUT2D eigenvalue weighted by molar-refractivity contribution is 5.94. The summed E-state index contributed by atoms with van der Waals surface area (Å²) >= 11 is 0. The summed E-state index contributed by atoms with van der Waals surface area (Å²) in [5.41, 5.74) is 0.400. The maximum atomic E-state index is 13.3. The lowest BCUT2D eigenvalue weighted by Crippen LogP contribution is -2.36. The summed E-state index contributed by atoms with van der Waals surface area (Å²) in [4.78, 5) is 25.1. The second-order valence-corrected chi connectivity index (χ2v) is 6.99. The van der Waals surface area contributed by atoms with Crippen molar-refractivity contribution in [1.29, 1.82) is 0 Å². The van der Waals surface area contributed by atoms with Crippen LogP contribution in [0.25, 0.3) is 0 Å². The highest BCUT2D eigenvalue weighted by atomic mass is 19.1. The number of rotatable bonds is 7. The number of anilines is 1. The zero-order chi connectivity index (χ0) is 20.9. The fourth-order valence-electron chi connectivity index (χ4n) is 3.74. The Kier molecular flexibility index (Phi) is 6.36. The lowest BCUT2D eigenvalue weighted by atomic mass is 9.79. The molecule has 0 heterocycles. The first-order chi connectivity index (χ1) is 14.0. The Morgan fingerprint density at radius 3 is 2.28 bits per heavy atom. The molecule has 1 amide bonds. The third kappa shape index (κ3) is 4.50. The molecule has 1 saturated carbocycles. The molecule has 29 heavy (non-hydrogen) atoms. The standard InChI is InChI=1S/C22H24FNO5/c1-27-18-10-9-17(13-19(18)28-2)24-20(25)14-29-21(26)22(11-3-4-12-22)15-5-7-16(23)8-6-15/h5-10,13H,3-4,11-12,14H2,1-2H3,(H,24,25). The molecule has 0 saturated heterocycles. The highest BCUT2D eigenvalue weighted by Crippen LogP contribution is 2.42. The van der Waals surface area contributed by atoms with Crippen LogP contribution in [0.15, 0.2) is 42.5 Å². The zero-order valence-corrected chi connectivity index (χ0v) is 16.5. The number of hydrogen-bond donors (Lipinski definition) is 1. The smallest absolute Gasteiger partial charge is 0.317 e. The SMILES string of the molecule is COc1ccc(NC(=O)COC(=O)C2(c3ccc(F)cc3)CCCC2)cc1OC. The summed E-state index contributed by atoms with van der Waals surface area (Å²) < 4.78 is 29.0. The summed E-state index contributed by atoms with van der Waals surface area (Å²) in [6.45, 7) is -0.407. The van der Waals surface area contributed by atoms with E-state index in [4.69, 9.17) is 14.2 Å². The normalized spacial score (nSPS) is 14.9. The Bertz CT molecular complexity index is 875. The molecule has 154 valence electrons. The Morgan fingerprint density at radius 2 is 1.66 bits per heavy atom. The van der Waals surface area contributed by atoms with E-state index in [1.54, 1.807) is 30.3 Å². The summed E-state index contributed by atoms with van der Waals surface area (Å²) in [5.74, 6) is -0.255. The van der Waals surface area contributed by atoms with Crippen LogP contribution in [0.4, 0.5) is 10.1 Å². The van der Waals surface area contributed by atoms with Crippen LogP contribution in [0.1, 0.15) is 31.2 Å². The van der Waals surface area contributed by atoms with E-state index >= 15 is 0 Å². The number of halogens is 1. The molecule has 2 aromatic carbocycles. The van der Waals surface area contributed by atoms with Crippen LogP contribution in [-0.4, -0.2) is 32.7 Å². The minimum Gasteiger partial charge on any atom is -0.493 e. The molecule has 0 aliphatic heterocycles. The Balaban J connectivity index is 1.64. The van der Waals surface area contributed by atoms with Gasteiger partial charge in [0.05, 0.1) is 19.6 Å². The van der Waals surface area contributed by atoms with E-state index in [2.05, 4.69) is 5.32 Å². The van der Waals surface area contributed by atoms with Crippen LogP contribution in [0.3, 0.4) is 0 Å². The largest absolute Gasteiger partial charge is 0.493 e. The van der Waals surface area contributed by atoms with Crippen molar-refractivity contribution in [3.63, 3.8) is 0 Å². The zero-order valence-electron chi connectivity index (χ0n) is 16.5. The molecule has 0 spiro atoms. The first-order valence-electron chi connectivity index (χ1n) is 9.43. The third-order valence-electron chi connectivity index (χ3n) is 5.25. The van der Waals surface area contributed by atoms with Gasteiger partial charge in [-0.2, -0.15) is 0 Å². The highest BCUT2D eigenvalue weighted by Gasteiger charge is 2.44. The molecular weight excluding hydrogens is 377 g/mol. The molecule has 0 radical (unpaired) electrons. The maximum Gasteiger partial charge on any atom is 0.317 e. The van der Waals surface area contributed by atoms with Crippen molar-refractivity contribution < 1.29 is 28.2 Å². The number of hydrogen-bond acceptors (Lipinski definition) is 5. The number of nitrogens with one attached hydrogen (secondary N) is 1. The van der Waals surface area contributed by atoms with Gasteiger partial charge in [0, 0.05) is 11.8 Å². The molecule has 0 unspecified atom stereocenters. The van der Waals surface area contributed by atoms with Gasteiger partial charge < -0.3 is 19.5 Å². The Morgan fingerprint density at radius 1 is 1.00 bits per heavy atom. The molecule has 0 atom stereocenters. The van der Waals surface area contributed by atoms with Crippen molar-refractivity contribution in [3.05, 3.63) is 53.8 Å². The van der Waals surface area contributed by atoms with Crippen LogP contribution >= 0.6 is 0 Å². The lowest BCUT2D eigenvalue weighted by molar-refractivity contribution is -0.153. The number of esters is 1. The summed E-state index contributed by atoms with van der Waals surface area (Å²) in [7, 11) is 3.03. The van der Waals surface area contributed by atoms with Crippen molar-refractivity contribution >= 4 is 17.6 Å². The number of ether oxygens (including phenoxy) is 3. The predicted octanol–water partition coefficient (Wildman–Crippen LogP) is 3.84. The fourth-order valence-corrected chi connectivity index (χ4v) is 3.74. The van der Waals surface area contributed by atoms with Gasteiger partial charge in [-0.05, 0) is 42.7 Å². The van der Waals surface area contributed by atoms with Crippen LogP contribution in [0.2, 0.25) is 0 Å². The van der Waals surface area contributed by atoms with Gasteiger partial charge in [-0.1, -0.05) is 25.0 Å². The van der Waals surface area contributed by atoms with Crippen molar-refractivity contribution in [3.8, 4) is 11.5 Å². The molecule has 2 aromatic rings. The van der Waals surface area contributed by atoms with Gasteiger partial charge in [-0.15, -0.1) is 0 Å². The van der Waals surface area contributed by atoms with Crippen molar-refractivity contribution in [1.82, 2.24) is 0 Å². The van der Waals surface area contributed by atoms with E-state index in [1.807, 2.05) is 0 Å². The molecule has 7 heteroatoms. The molecule has 1 fully saturated rings. The summed E-state index contributed by atoms with van der Waals surface area (Å²) in [6.07, 6.45) is 3.00. The topological polar surface area (TPSA) is 73.9 Å². The van der Waals surface area contributed by atoms with Gasteiger partial charge in [-0.25, -0.2) is 4.39 Å². The predicted molar refractivity (Wildman–Crippen MR) is 106 cm³/mol. The van der Waals surface area contributed by atoms with Gasteiger partial charge in [-0.3, -0.25) is 9.59 Å². The molecule has 1 aliphatic carbocycles. The van der Waals surface area contributed by atoms with E-state index in [-0.39, 0.29) is 5.82 Å². The average molecular weight is 401 g/mol. The van der Waals surface area contributed by atoms with Crippen LogP contribution in [0, 0.1) is 5.82 Å². The van der Waals surface area contributed by atoms with Crippen LogP contribution < -0.4 is 14.8 Å². The number of benzene rings is 2. The quantitative estimate of drug-likeness (QED) is 0.714. The van der Waals surface area contributed by atoms with Crippen molar-refractivity contribution in [2.24, 2.45) is 0 Å². The lowest BCUT2D eigenvalue weighted by Gasteiger charge is -2.27. The van der Waals surface area contributed by atoms with Gasteiger partial charge in [0.1, 0.15) is 5.82 Å². The van der Waals surface area contributed by atoms with E-state index in [0.717, 1.165) is 18.4 Å². The van der Waals surface area contributed by atoms with Crippen molar-refractivity contribution in [2.45, 2.75) is 31.1 Å². The Hall–Kier alpha value is -3.09. The minimum atomic E-state index is -0.822. The van der Waals surface area contributed by atoms with E-state index in [9.17, 15) is 14.0 Å². The number of carbonyl (C=O) groups excluding carboxylic acids is 2. The second kappa shape index (κ2) is 8.94. The van der Waals surface area contributed by atoms with Gasteiger partial charge in [0.25, 0.3) is 5.91 Å². The Labute approximate surface area is 169 Å². The van der Waals surface area contributed by atoms with Gasteiger partial charge in [0.15, 0.2) is 18.1 Å². The average Bonchev–Trinajstić information content (AvgIpc) is 3.23. The fraction of sp³-hybridized carbons (Fsp3) is 0.364. The van der Waals surface area contributed by atoms with Crippen LogP contribution in [-0.2, 0) is 19.7 Å². The number of amides is 1. The van der Waals surface area contributed by atoms with Gasteiger partial charge >= 0.3 is 5.97 Å². The van der Waals surface area contributed by atoms with Crippen LogP contribution in [0.5, 0.6) is 11.5 Å². The molecular formula is C22H24FNO5. The molecule has 3 rings (SSSR count). The summed E-state index contributed by atoms with van der Waals surface area (Å²) in [6, 6.07) is 10.9. The molecule has 1 aliphatic rings. The maximum absolute atomic E-state index is 13.3. The molecule has 1 N–H and O–H groups in total. The summed E-state index contributed by atoms with van der Waals surface area (Å²) in [5, 5.41) is 2.67. The van der Waals surface area contributed by atoms with Crippen molar-refractivity contribution in [2.75, 3.05) is 26.1 Å². The first-order valence-corrected chi connectivity index (χ1v) is 9.43. The van der Waals surface area contributed by atoms with E-state index in [1.165, 1.54) is 26.4 Å². The number of methoxy groups -OCH3 is 2.